The number of hydrazine groups is 1. The van der Waals surface area contributed by atoms with E-state index in [4.69, 9.17) is 12.2 Å². The highest BCUT2D eigenvalue weighted by Gasteiger charge is 2.20. The number of nitrogens with zero attached hydrogens (tertiary/aromatic N) is 2. The molecule has 0 radical (unpaired) electrons. The van der Waals surface area contributed by atoms with Crippen LogP contribution in [0.4, 0.5) is 17.1 Å². The number of non-ortho nitro benzene ring substituents is 1. The molecule has 1 aromatic carbocycles. The molecule has 0 fully saturated rings. The third-order valence-corrected chi connectivity index (χ3v) is 2.99. The van der Waals surface area contributed by atoms with Crippen molar-refractivity contribution >= 4 is 34.4 Å². The Morgan fingerprint density at radius 1 is 1.27 bits per heavy atom. The second-order valence-corrected chi connectivity index (χ2v) is 4.82. The van der Waals surface area contributed by atoms with Gasteiger partial charge in [-0.2, -0.15) is 0 Å². The average Bonchev–Trinajstić information content (AvgIpc) is 2.43. The van der Waals surface area contributed by atoms with Crippen LogP contribution in [0.25, 0.3) is 0 Å². The van der Waals surface area contributed by atoms with Gasteiger partial charge in [0.25, 0.3) is 5.69 Å². The van der Waals surface area contributed by atoms with Crippen molar-refractivity contribution < 1.29 is 9.85 Å². The third kappa shape index (κ3) is 3.65. The van der Waals surface area contributed by atoms with E-state index in [1.54, 1.807) is 6.08 Å². The van der Waals surface area contributed by atoms with Crippen molar-refractivity contribution in [2.24, 2.45) is 0 Å². The number of hydrogen-bond acceptors (Lipinski definition) is 7. The lowest BCUT2D eigenvalue weighted by molar-refractivity contribution is -0.393. The first kappa shape index (κ1) is 15.6. The predicted octanol–water partition coefficient (Wildman–Crippen LogP) is 1.13. The molecule has 4 N–H and O–H groups in total. The van der Waals surface area contributed by atoms with Gasteiger partial charge < -0.3 is 16.1 Å². The molecule has 1 aromatic rings. The van der Waals surface area contributed by atoms with Crippen LogP contribution in [0.2, 0.25) is 0 Å². The highest BCUT2D eigenvalue weighted by molar-refractivity contribution is 7.80. The zero-order valence-electron chi connectivity index (χ0n) is 11.3. The van der Waals surface area contributed by atoms with E-state index in [1.807, 2.05) is 6.92 Å². The number of allylic oxidation sites excluding steroid dienone is 1. The van der Waals surface area contributed by atoms with Crippen LogP contribution in [0.5, 0.6) is 0 Å². The molecule has 10 nitrogen and oxygen atoms in total. The maximum atomic E-state index is 11.0. The van der Waals surface area contributed by atoms with Crippen LogP contribution in [-0.2, 0) is 0 Å². The van der Waals surface area contributed by atoms with Crippen LogP contribution in [0.15, 0.2) is 30.0 Å². The maximum Gasteiger partial charge on any atom is 0.300 e. The molecular weight excluding hydrogens is 312 g/mol. The standard InChI is InChI=1S/C11H12N6O4S/c1-6-4-10(13-11(22)12-6)15-14-8-3-2-7(16(18)19)5-9(8)17(20)21/h2-5,10,14-15H,1H3,(H2,12,13,22). The summed E-state index contributed by atoms with van der Waals surface area (Å²) in [6.07, 6.45) is 1.39. The summed E-state index contributed by atoms with van der Waals surface area (Å²) < 4.78 is 0. The van der Waals surface area contributed by atoms with Crippen molar-refractivity contribution in [2.75, 3.05) is 5.43 Å². The Balaban J connectivity index is 2.16. The van der Waals surface area contributed by atoms with E-state index >= 15 is 0 Å². The fraction of sp³-hybridized carbons (Fsp3) is 0.182. The lowest BCUT2D eigenvalue weighted by atomic mass is 10.2. The van der Waals surface area contributed by atoms with Gasteiger partial charge in [0.1, 0.15) is 11.9 Å². The molecule has 11 heteroatoms. The summed E-state index contributed by atoms with van der Waals surface area (Å²) in [5.74, 6) is 0. The molecule has 2 rings (SSSR count). The van der Waals surface area contributed by atoms with E-state index in [-0.39, 0.29) is 17.5 Å². The first-order valence-electron chi connectivity index (χ1n) is 6.07. The molecule has 1 aliphatic rings. The van der Waals surface area contributed by atoms with Gasteiger partial charge in [-0.25, -0.2) is 5.43 Å². The molecule has 0 bridgehead atoms. The number of hydrogen-bond donors (Lipinski definition) is 4. The number of nitro benzene ring substituents is 2. The molecule has 1 atom stereocenters. The number of nitrogens with one attached hydrogen (secondary N) is 4. The molecule has 1 aliphatic heterocycles. The summed E-state index contributed by atoms with van der Waals surface area (Å²) in [4.78, 5) is 20.3. The summed E-state index contributed by atoms with van der Waals surface area (Å²) in [5.41, 5.74) is 5.63. The highest BCUT2D eigenvalue weighted by Crippen LogP contribution is 2.28. The first-order chi connectivity index (χ1) is 10.4. The Bertz CT molecular complexity index is 677. The zero-order valence-corrected chi connectivity index (χ0v) is 12.1. The van der Waals surface area contributed by atoms with Crippen LogP contribution in [0.3, 0.4) is 0 Å². The maximum absolute atomic E-state index is 11.0. The smallest absolute Gasteiger partial charge is 0.300 e. The summed E-state index contributed by atoms with van der Waals surface area (Å²) in [5, 5.41) is 27.9. The molecule has 0 amide bonds. The molecule has 116 valence electrons. The molecule has 0 aliphatic carbocycles. The first-order valence-corrected chi connectivity index (χ1v) is 6.48. The monoisotopic (exact) mass is 324 g/mol. The largest absolute Gasteiger partial charge is 0.342 e. The molecule has 1 heterocycles. The van der Waals surface area contributed by atoms with Gasteiger partial charge in [-0.05, 0) is 31.3 Å². The quantitative estimate of drug-likeness (QED) is 0.357. The number of nitro groups is 2. The molecule has 0 saturated heterocycles. The summed E-state index contributed by atoms with van der Waals surface area (Å²) in [6, 6.07) is 3.34. The summed E-state index contributed by atoms with van der Waals surface area (Å²) in [7, 11) is 0. The normalized spacial score (nSPS) is 17.0. The van der Waals surface area contributed by atoms with Crippen molar-refractivity contribution in [1.82, 2.24) is 16.1 Å². The van der Waals surface area contributed by atoms with Crippen LogP contribution < -0.4 is 21.5 Å². The van der Waals surface area contributed by atoms with E-state index in [9.17, 15) is 20.2 Å². The fourth-order valence-corrected chi connectivity index (χ4v) is 2.10. The Morgan fingerprint density at radius 3 is 2.59 bits per heavy atom. The van der Waals surface area contributed by atoms with E-state index in [0.717, 1.165) is 11.8 Å². The molecule has 22 heavy (non-hydrogen) atoms. The van der Waals surface area contributed by atoms with Crippen molar-refractivity contribution in [2.45, 2.75) is 13.1 Å². The molecule has 0 aromatic heterocycles. The fourth-order valence-electron chi connectivity index (χ4n) is 1.81. The lowest BCUT2D eigenvalue weighted by Crippen LogP contribution is -2.53. The van der Waals surface area contributed by atoms with Gasteiger partial charge >= 0.3 is 5.69 Å². The SMILES string of the molecule is CC1=CC(NNc2ccc([N+](=O)[O-])cc2[N+](=O)[O-])NC(=S)N1. The van der Waals surface area contributed by atoms with Gasteiger partial charge in [-0.15, -0.1) is 0 Å². The molecule has 0 spiro atoms. The molecule has 0 saturated carbocycles. The third-order valence-electron chi connectivity index (χ3n) is 2.77. The van der Waals surface area contributed by atoms with Crippen molar-refractivity contribution in [3.05, 3.63) is 50.2 Å². The van der Waals surface area contributed by atoms with Crippen LogP contribution in [0.1, 0.15) is 6.92 Å². The predicted molar refractivity (Wildman–Crippen MR) is 82.9 cm³/mol. The second kappa shape index (κ2) is 6.32. The number of benzene rings is 1. The van der Waals surface area contributed by atoms with Crippen molar-refractivity contribution in [3.8, 4) is 0 Å². The van der Waals surface area contributed by atoms with E-state index < -0.39 is 15.5 Å². The minimum absolute atomic E-state index is 0.105. The van der Waals surface area contributed by atoms with E-state index in [0.29, 0.717) is 5.11 Å². The van der Waals surface area contributed by atoms with E-state index in [2.05, 4.69) is 21.5 Å². The Labute approximate surface area is 129 Å². The van der Waals surface area contributed by atoms with E-state index in [1.165, 1.54) is 12.1 Å². The van der Waals surface area contributed by atoms with Gasteiger partial charge in [-0.3, -0.25) is 20.2 Å². The van der Waals surface area contributed by atoms with Gasteiger partial charge in [0, 0.05) is 11.8 Å². The van der Waals surface area contributed by atoms with Gasteiger partial charge in [0.15, 0.2) is 5.11 Å². The van der Waals surface area contributed by atoms with Gasteiger partial charge in [0.05, 0.1) is 15.9 Å². The Hall–Kier alpha value is -2.79. The van der Waals surface area contributed by atoms with Crippen LogP contribution >= 0.6 is 12.2 Å². The minimum Gasteiger partial charge on any atom is -0.342 e. The second-order valence-electron chi connectivity index (χ2n) is 4.41. The van der Waals surface area contributed by atoms with Crippen LogP contribution in [-0.4, -0.2) is 21.1 Å². The Morgan fingerprint density at radius 2 is 2.00 bits per heavy atom. The minimum atomic E-state index is -0.696. The van der Waals surface area contributed by atoms with Crippen molar-refractivity contribution in [3.63, 3.8) is 0 Å². The van der Waals surface area contributed by atoms with Crippen molar-refractivity contribution in [1.29, 1.82) is 0 Å². The number of thiocarbonyl (C=S) groups is 1. The number of anilines is 1. The molecule has 1 unspecified atom stereocenters. The topological polar surface area (TPSA) is 134 Å². The zero-order chi connectivity index (χ0) is 16.3. The highest BCUT2D eigenvalue weighted by atomic mass is 32.1. The average molecular weight is 324 g/mol. The van der Waals surface area contributed by atoms with Gasteiger partial charge in [-0.1, -0.05) is 0 Å². The molecular formula is C11H12N6O4S. The van der Waals surface area contributed by atoms with Gasteiger partial charge in [0.2, 0.25) is 0 Å². The summed E-state index contributed by atoms with van der Waals surface area (Å²) in [6.45, 7) is 1.82. The lowest BCUT2D eigenvalue weighted by Gasteiger charge is -2.25. The van der Waals surface area contributed by atoms with Crippen LogP contribution in [0, 0.1) is 20.2 Å². The summed E-state index contributed by atoms with van der Waals surface area (Å²) >= 11 is 4.99. The Kier molecular flexibility index (Phi) is 4.48. The number of rotatable bonds is 5.